The Balaban J connectivity index is 1.29. The van der Waals surface area contributed by atoms with Gasteiger partial charge in [0.15, 0.2) is 0 Å². The maximum absolute atomic E-state index is 13.5. The minimum Gasteiger partial charge on any atom is -0.378 e. The fourth-order valence-corrected chi connectivity index (χ4v) is 7.51. The Kier molecular flexibility index (Phi) is 6.50. The number of sulfonamides is 1. The van der Waals surface area contributed by atoms with Gasteiger partial charge in [0.25, 0.3) is 5.91 Å². The lowest BCUT2D eigenvalue weighted by Crippen LogP contribution is -2.54. The SMILES string of the molecule is C[C@H]1CCC(c2ccccc2)S(=O)(=O)N1Cc1ccc(C(=O)N2CCOC3(CCOC3)C2)cc1. The fourth-order valence-electron chi connectivity index (χ4n) is 5.31. The van der Waals surface area contributed by atoms with Crippen LogP contribution in [0, 0.1) is 0 Å². The third-order valence-electron chi connectivity index (χ3n) is 7.34. The largest absolute Gasteiger partial charge is 0.378 e. The number of benzene rings is 2. The summed E-state index contributed by atoms with van der Waals surface area (Å²) in [5.41, 5.74) is 1.96. The monoisotopic (exact) mass is 484 g/mol. The molecule has 5 rings (SSSR count). The first kappa shape index (κ1) is 23.5. The number of hydrogen-bond acceptors (Lipinski definition) is 5. The lowest BCUT2D eigenvalue weighted by molar-refractivity contribution is -0.0995. The zero-order valence-electron chi connectivity index (χ0n) is 19.6. The van der Waals surface area contributed by atoms with Crippen molar-refractivity contribution in [1.82, 2.24) is 9.21 Å². The molecule has 0 radical (unpaired) electrons. The minimum absolute atomic E-state index is 0.0239. The van der Waals surface area contributed by atoms with Crippen molar-refractivity contribution >= 4 is 15.9 Å². The topological polar surface area (TPSA) is 76.2 Å². The molecule has 1 spiro atoms. The average molecular weight is 485 g/mol. The van der Waals surface area contributed by atoms with Crippen LogP contribution >= 0.6 is 0 Å². The molecule has 7 nitrogen and oxygen atoms in total. The van der Waals surface area contributed by atoms with Crippen molar-refractivity contribution in [3.05, 3.63) is 71.3 Å². The van der Waals surface area contributed by atoms with E-state index in [4.69, 9.17) is 9.47 Å². The van der Waals surface area contributed by atoms with E-state index in [1.807, 2.05) is 54.3 Å². The van der Waals surface area contributed by atoms with Gasteiger partial charge in [0.05, 0.1) is 19.8 Å². The van der Waals surface area contributed by atoms with Crippen LogP contribution in [0.25, 0.3) is 0 Å². The second-order valence-electron chi connectivity index (χ2n) is 9.67. The Hall–Kier alpha value is -2.26. The lowest BCUT2D eigenvalue weighted by Gasteiger charge is -2.39. The normalized spacial score (nSPS) is 29.4. The molecule has 8 heteroatoms. The second kappa shape index (κ2) is 9.41. The first-order valence-corrected chi connectivity index (χ1v) is 13.5. The molecule has 34 heavy (non-hydrogen) atoms. The van der Waals surface area contributed by atoms with Crippen LogP contribution in [0.4, 0.5) is 0 Å². The molecule has 3 saturated heterocycles. The number of carbonyl (C=O) groups is 1. The number of carbonyl (C=O) groups excluding carboxylic acids is 1. The minimum atomic E-state index is -3.49. The Labute approximate surface area is 201 Å². The van der Waals surface area contributed by atoms with Gasteiger partial charge in [-0.15, -0.1) is 0 Å². The predicted octanol–water partition coefficient (Wildman–Crippen LogP) is 3.37. The van der Waals surface area contributed by atoms with Crippen LogP contribution in [-0.4, -0.2) is 68.1 Å². The van der Waals surface area contributed by atoms with E-state index in [0.29, 0.717) is 51.4 Å². The van der Waals surface area contributed by atoms with Crippen LogP contribution in [-0.2, 0) is 26.0 Å². The van der Waals surface area contributed by atoms with Gasteiger partial charge in [-0.25, -0.2) is 8.42 Å². The Morgan fingerprint density at radius 2 is 1.82 bits per heavy atom. The molecule has 0 saturated carbocycles. The van der Waals surface area contributed by atoms with Crippen molar-refractivity contribution in [2.45, 2.75) is 49.6 Å². The molecule has 2 aromatic carbocycles. The van der Waals surface area contributed by atoms with Gasteiger partial charge in [-0.2, -0.15) is 4.31 Å². The average Bonchev–Trinajstić information content (AvgIpc) is 3.29. The molecule has 2 unspecified atom stereocenters. The standard InChI is InChI=1S/C26H32N2O5S/c1-20-7-12-24(22-5-3-2-4-6-22)34(30,31)28(20)17-21-8-10-23(11-9-21)25(29)27-14-16-33-26(18-27)13-15-32-19-26/h2-6,8-11,20,24H,7,12-19H2,1H3/t20-,24?,26?/m0/s1. The van der Waals surface area contributed by atoms with Crippen molar-refractivity contribution < 1.29 is 22.7 Å². The molecule has 3 fully saturated rings. The van der Waals surface area contributed by atoms with Gasteiger partial charge in [-0.3, -0.25) is 4.79 Å². The molecule has 0 aliphatic carbocycles. The Morgan fingerprint density at radius 3 is 2.53 bits per heavy atom. The molecular formula is C26H32N2O5S. The molecule has 1 amide bonds. The summed E-state index contributed by atoms with van der Waals surface area (Å²) in [4.78, 5) is 15.0. The van der Waals surface area contributed by atoms with E-state index in [1.54, 1.807) is 16.4 Å². The zero-order valence-corrected chi connectivity index (χ0v) is 20.4. The van der Waals surface area contributed by atoms with E-state index >= 15 is 0 Å². The third kappa shape index (κ3) is 4.52. The number of nitrogens with zero attached hydrogens (tertiary/aromatic N) is 2. The Bertz CT molecular complexity index is 1110. The molecule has 0 bridgehead atoms. The molecule has 3 aliphatic rings. The molecule has 0 N–H and O–H groups in total. The summed E-state index contributed by atoms with van der Waals surface area (Å²) >= 11 is 0. The number of amides is 1. The van der Waals surface area contributed by atoms with Crippen molar-refractivity contribution in [3.63, 3.8) is 0 Å². The first-order chi connectivity index (χ1) is 16.4. The fraction of sp³-hybridized carbons (Fsp3) is 0.500. The molecule has 3 heterocycles. The van der Waals surface area contributed by atoms with Crippen LogP contribution in [0.3, 0.4) is 0 Å². The summed E-state index contributed by atoms with van der Waals surface area (Å²) in [6, 6.07) is 16.8. The van der Waals surface area contributed by atoms with E-state index in [2.05, 4.69) is 0 Å². The van der Waals surface area contributed by atoms with Gasteiger partial charge in [0.2, 0.25) is 10.0 Å². The maximum Gasteiger partial charge on any atom is 0.254 e. The number of rotatable bonds is 4. The van der Waals surface area contributed by atoms with Crippen molar-refractivity contribution in [2.24, 2.45) is 0 Å². The van der Waals surface area contributed by atoms with Gasteiger partial charge in [0.1, 0.15) is 10.9 Å². The first-order valence-electron chi connectivity index (χ1n) is 12.0. The number of ether oxygens (including phenoxy) is 2. The highest BCUT2D eigenvalue weighted by Crippen LogP contribution is 2.38. The van der Waals surface area contributed by atoms with E-state index in [-0.39, 0.29) is 17.6 Å². The van der Waals surface area contributed by atoms with Crippen molar-refractivity contribution in [2.75, 3.05) is 32.9 Å². The van der Waals surface area contributed by atoms with Crippen molar-refractivity contribution in [1.29, 1.82) is 0 Å². The number of morpholine rings is 1. The van der Waals surface area contributed by atoms with Gasteiger partial charge in [-0.05, 0) is 43.0 Å². The smallest absolute Gasteiger partial charge is 0.254 e. The molecular weight excluding hydrogens is 452 g/mol. The third-order valence-corrected chi connectivity index (χ3v) is 9.71. The van der Waals surface area contributed by atoms with Gasteiger partial charge >= 0.3 is 0 Å². The molecule has 3 aliphatic heterocycles. The quantitative estimate of drug-likeness (QED) is 0.665. The molecule has 0 aromatic heterocycles. The highest BCUT2D eigenvalue weighted by Gasteiger charge is 2.42. The highest BCUT2D eigenvalue weighted by molar-refractivity contribution is 7.89. The highest BCUT2D eigenvalue weighted by atomic mass is 32.2. The summed E-state index contributed by atoms with van der Waals surface area (Å²) in [5.74, 6) is -0.0239. The van der Waals surface area contributed by atoms with E-state index in [1.165, 1.54) is 0 Å². The van der Waals surface area contributed by atoms with Crippen LogP contribution < -0.4 is 0 Å². The summed E-state index contributed by atoms with van der Waals surface area (Å²) in [6.45, 7) is 5.09. The van der Waals surface area contributed by atoms with E-state index in [9.17, 15) is 13.2 Å². The van der Waals surface area contributed by atoms with Gasteiger partial charge < -0.3 is 14.4 Å². The lowest BCUT2D eigenvalue weighted by atomic mass is 10.00. The summed E-state index contributed by atoms with van der Waals surface area (Å²) < 4.78 is 40.0. The predicted molar refractivity (Wildman–Crippen MR) is 129 cm³/mol. The van der Waals surface area contributed by atoms with Crippen LogP contribution in [0.5, 0.6) is 0 Å². The maximum atomic E-state index is 13.5. The van der Waals surface area contributed by atoms with E-state index < -0.39 is 15.3 Å². The second-order valence-corrected chi connectivity index (χ2v) is 11.7. The van der Waals surface area contributed by atoms with Gasteiger partial charge in [0, 0.05) is 37.7 Å². The van der Waals surface area contributed by atoms with Crippen LogP contribution in [0.15, 0.2) is 54.6 Å². The molecule has 182 valence electrons. The summed E-state index contributed by atoms with van der Waals surface area (Å²) in [6.07, 6.45) is 2.25. The van der Waals surface area contributed by atoms with E-state index in [0.717, 1.165) is 24.0 Å². The molecule has 3 atom stereocenters. The number of hydrogen-bond donors (Lipinski definition) is 0. The zero-order chi connectivity index (χ0) is 23.8. The summed E-state index contributed by atoms with van der Waals surface area (Å²) in [5, 5.41) is -0.515. The van der Waals surface area contributed by atoms with Crippen molar-refractivity contribution in [3.8, 4) is 0 Å². The van der Waals surface area contributed by atoms with Gasteiger partial charge in [-0.1, -0.05) is 42.5 Å². The Morgan fingerprint density at radius 1 is 1.06 bits per heavy atom. The van der Waals surface area contributed by atoms with Crippen LogP contribution in [0.2, 0.25) is 0 Å². The van der Waals surface area contributed by atoms with Crippen LogP contribution in [0.1, 0.15) is 52.9 Å². The summed E-state index contributed by atoms with van der Waals surface area (Å²) in [7, 11) is -3.49. The molecule has 2 aromatic rings.